The maximum Gasteiger partial charge on any atom is 0.0454 e. The highest BCUT2D eigenvalue weighted by atomic mass is 32.1. The fraction of sp³-hybridized carbons (Fsp3) is 0.467. The lowest BCUT2D eigenvalue weighted by molar-refractivity contribution is 0.494. The highest BCUT2D eigenvalue weighted by molar-refractivity contribution is 7.26. The van der Waals surface area contributed by atoms with Crippen LogP contribution in [0.3, 0.4) is 0 Å². The summed E-state index contributed by atoms with van der Waals surface area (Å²) in [4.78, 5) is 1.46. The lowest BCUT2D eigenvalue weighted by Crippen LogP contribution is -2.21. The van der Waals surface area contributed by atoms with Crippen molar-refractivity contribution in [1.82, 2.24) is 5.32 Å². The molecule has 0 bridgehead atoms. The maximum atomic E-state index is 5.33. The summed E-state index contributed by atoms with van der Waals surface area (Å²) < 4.78 is 2.82. The Kier molecular flexibility index (Phi) is 5.25. The monoisotopic (exact) mass is 277 g/mol. The van der Waals surface area contributed by atoms with Gasteiger partial charge in [-0.2, -0.15) is 0 Å². The molecule has 1 atom stereocenters. The third-order valence-electron chi connectivity index (χ3n) is 2.96. The lowest BCUT2D eigenvalue weighted by atomic mass is 10.1. The van der Waals surface area contributed by atoms with Gasteiger partial charge in [0.15, 0.2) is 0 Å². The molecule has 0 amide bonds. The standard InChI is InChI=1S/C15H19NS2/c1-3-5-6-7-12(16-9-4-2)14-11-15-13(18-14)8-10-17-15/h1,8,10-12,16H,4-7,9H2,2H3. The largest absolute Gasteiger partial charge is 0.309 e. The molecule has 3 heteroatoms. The molecule has 0 spiro atoms. The molecule has 0 saturated heterocycles. The summed E-state index contributed by atoms with van der Waals surface area (Å²) in [6.45, 7) is 3.28. The van der Waals surface area contributed by atoms with Gasteiger partial charge in [-0.15, -0.1) is 35.0 Å². The third-order valence-corrected chi connectivity index (χ3v) is 5.16. The van der Waals surface area contributed by atoms with Crippen LogP contribution in [0.15, 0.2) is 17.5 Å². The molecule has 1 unspecified atom stereocenters. The molecule has 96 valence electrons. The molecule has 0 aliphatic heterocycles. The summed E-state index contributed by atoms with van der Waals surface area (Å²) in [5.41, 5.74) is 0. The second-order valence-electron chi connectivity index (χ2n) is 4.40. The van der Waals surface area contributed by atoms with Crippen molar-refractivity contribution in [1.29, 1.82) is 0 Å². The van der Waals surface area contributed by atoms with Crippen LogP contribution in [0.1, 0.15) is 43.5 Å². The van der Waals surface area contributed by atoms with E-state index in [4.69, 9.17) is 6.42 Å². The van der Waals surface area contributed by atoms with E-state index >= 15 is 0 Å². The average Bonchev–Trinajstić information content (AvgIpc) is 2.94. The van der Waals surface area contributed by atoms with Crippen molar-refractivity contribution >= 4 is 32.1 Å². The lowest BCUT2D eigenvalue weighted by Gasteiger charge is -2.16. The van der Waals surface area contributed by atoms with E-state index in [-0.39, 0.29) is 0 Å². The van der Waals surface area contributed by atoms with Crippen LogP contribution in [0, 0.1) is 12.3 Å². The summed E-state index contributed by atoms with van der Waals surface area (Å²) in [5, 5.41) is 5.81. The Morgan fingerprint density at radius 1 is 1.44 bits per heavy atom. The zero-order valence-corrected chi connectivity index (χ0v) is 12.4. The molecule has 0 aromatic carbocycles. The van der Waals surface area contributed by atoms with Gasteiger partial charge in [0.1, 0.15) is 0 Å². The van der Waals surface area contributed by atoms with E-state index in [9.17, 15) is 0 Å². The zero-order valence-electron chi connectivity index (χ0n) is 10.7. The molecule has 1 N–H and O–H groups in total. The first kappa shape index (κ1) is 13.6. The number of terminal acetylenes is 1. The second kappa shape index (κ2) is 6.94. The molecule has 1 nitrogen and oxygen atoms in total. The number of unbranched alkanes of at least 4 members (excludes halogenated alkanes) is 1. The Balaban J connectivity index is 2.06. The molecule has 0 aliphatic rings. The van der Waals surface area contributed by atoms with Gasteiger partial charge in [0.2, 0.25) is 0 Å². The molecule has 0 aliphatic carbocycles. The summed E-state index contributed by atoms with van der Waals surface area (Å²) in [6.07, 6.45) is 9.62. The normalized spacial score (nSPS) is 12.7. The number of hydrogen-bond donors (Lipinski definition) is 1. The summed E-state index contributed by atoms with van der Waals surface area (Å²) in [6, 6.07) is 5.03. The van der Waals surface area contributed by atoms with Crippen LogP contribution in [0.2, 0.25) is 0 Å². The van der Waals surface area contributed by atoms with Gasteiger partial charge >= 0.3 is 0 Å². The first-order valence-corrected chi connectivity index (χ1v) is 8.18. The van der Waals surface area contributed by atoms with E-state index in [1.807, 2.05) is 22.7 Å². The van der Waals surface area contributed by atoms with Gasteiger partial charge < -0.3 is 5.32 Å². The Morgan fingerprint density at radius 3 is 3.06 bits per heavy atom. The molecule has 2 aromatic heterocycles. The Hall–Kier alpha value is -0.820. The molecule has 0 radical (unpaired) electrons. The van der Waals surface area contributed by atoms with Crippen LogP contribution < -0.4 is 5.32 Å². The molecule has 0 fully saturated rings. The van der Waals surface area contributed by atoms with E-state index in [2.05, 4.69) is 35.7 Å². The van der Waals surface area contributed by atoms with Gasteiger partial charge in [0.05, 0.1) is 0 Å². The highest BCUT2D eigenvalue weighted by Crippen LogP contribution is 2.34. The van der Waals surface area contributed by atoms with Crippen molar-refractivity contribution in [3.63, 3.8) is 0 Å². The minimum Gasteiger partial charge on any atom is -0.309 e. The van der Waals surface area contributed by atoms with E-state index in [1.54, 1.807) is 0 Å². The van der Waals surface area contributed by atoms with Crippen LogP contribution in [0.25, 0.3) is 9.40 Å². The molecular weight excluding hydrogens is 258 g/mol. The Bertz CT molecular complexity index is 489. The average molecular weight is 277 g/mol. The molecule has 2 heterocycles. The minimum absolute atomic E-state index is 0.475. The van der Waals surface area contributed by atoms with Gasteiger partial charge in [0, 0.05) is 26.7 Å². The second-order valence-corrected chi connectivity index (χ2v) is 6.46. The minimum atomic E-state index is 0.475. The molecule has 18 heavy (non-hydrogen) atoms. The van der Waals surface area contributed by atoms with Crippen LogP contribution in [-0.2, 0) is 0 Å². The van der Waals surface area contributed by atoms with Crippen molar-refractivity contribution in [2.45, 2.75) is 38.6 Å². The number of fused-ring (bicyclic) bond motifs is 1. The van der Waals surface area contributed by atoms with Crippen molar-refractivity contribution in [3.8, 4) is 12.3 Å². The van der Waals surface area contributed by atoms with E-state index < -0.39 is 0 Å². The number of nitrogens with one attached hydrogen (secondary N) is 1. The quantitative estimate of drug-likeness (QED) is 0.566. The van der Waals surface area contributed by atoms with E-state index in [0.29, 0.717) is 6.04 Å². The Labute approximate surface area is 117 Å². The first-order chi connectivity index (χ1) is 8.85. The van der Waals surface area contributed by atoms with Crippen LogP contribution in [0.4, 0.5) is 0 Å². The zero-order chi connectivity index (χ0) is 12.8. The van der Waals surface area contributed by atoms with Crippen LogP contribution in [0.5, 0.6) is 0 Å². The Morgan fingerprint density at radius 2 is 2.33 bits per heavy atom. The van der Waals surface area contributed by atoms with Crippen molar-refractivity contribution in [3.05, 3.63) is 22.4 Å². The molecule has 2 aromatic rings. The SMILES string of the molecule is C#CCCCC(NCCC)c1cc2sccc2s1. The summed E-state index contributed by atoms with van der Waals surface area (Å²) >= 11 is 3.74. The number of rotatable bonds is 7. The van der Waals surface area contributed by atoms with Crippen molar-refractivity contribution in [2.75, 3.05) is 6.54 Å². The third kappa shape index (κ3) is 3.35. The summed E-state index contributed by atoms with van der Waals surface area (Å²) in [5.74, 6) is 2.73. The maximum absolute atomic E-state index is 5.33. The van der Waals surface area contributed by atoms with Gasteiger partial charge in [-0.25, -0.2) is 0 Å². The summed E-state index contributed by atoms with van der Waals surface area (Å²) in [7, 11) is 0. The van der Waals surface area contributed by atoms with E-state index in [0.717, 1.165) is 25.8 Å². The molecule has 2 rings (SSSR count). The van der Waals surface area contributed by atoms with Crippen molar-refractivity contribution in [2.24, 2.45) is 0 Å². The predicted molar refractivity (Wildman–Crippen MR) is 83.4 cm³/mol. The number of thiophene rings is 2. The first-order valence-electron chi connectivity index (χ1n) is 6.49. The topological polar surface area (TPSA) is 12.0 Å². The van der Waals surface area contributed by atoms with Crippen molar-refractivity contribution < 1.29 is 0 Å². The fourth-order valence-electron chi connectivity index (χ4n) is 2.03. The van der Waals surface area contributed by atoms with Gasteiger partial charge in [-0.3, -0.25) is 0 Å². The van der Waals surface area contributed by atoms with Gasteiger partial charge in [-0.1, -0.05) is 6.92 Å². The fourth-order valence-corrected chi connectivity index (χ4v) is 4.26. The smallest absolute Gasteiger partial charge is 0.0454 e. The van der Waals surface area contributed by atoms with Crippen LogP contribution in [-0.4, -0.2) is 6.54 Å². The molecule has 0 saturated carbocycles. The molecular formula is C15H19NS2. The van der Waals surface area contributed by atoms with Gasteiger partial charge in [0.25, 0.3) is 0 Å². The van der Waals surface area contributed by atoms with E-state index in [1.165, 1.54) is 20.7 Å². The number of hydrogen-bond acceptors (Lipinski definition) is 3. The predicted octanol–water partition coefficient (Wildman–Crippen LogP) is 4.81. The highest BCUT2D eigenvalue weighted by Gasteiger charge is 2.13. The van der Waals surface area contributed by atoms with Crippen LogP contribution >= 0.6 is 22.7 Å². The van der Waals surface area contributed by atoms with Gasteiger partial charge in [-0.05, 0) is 43.3 Å².